The molecule has 3 saturated carbocycles. The standard InChI is InChI=1S/C21H25FO5/c1-18-5-3-11(24)7-14(18)15(22)8-13-12-4-6-20(26,16(25)10-23)19(12,2)9-17-21(13,18)27-17/h3,5,7,12-13,15,17,23,26H,4,6,8-10H2,1-2H3/t12-,13-,15-,17-,18-,19-,20-,21+/m0/s1. The van der Waals surface area contributed by atoms with Crippen LogP contribution in [-0.2, 0) is 14.3 Å². The third kappa shape index (κ3) is 1.76. The first-order chi connectivity index (χ1) is 12.6. The number of carbonyl (C=O) groups excluding carboxylic acids is 2. The van der Waals surface area contributed by atoms with Crippen LogP contribution in [0.4, 0.5) is 4.39 Å². The molecule has 2 N–H and O–H groups in total. The normalized spacial score (nSPS) is 55.1. The zero-order valence-corrected chi connectivity index (χ0v) is 15.6. The highest BCUT2D eigenvalue weighted by Crippen LogP contribution is 2.76. The number of ketones is 2. The zero-order valence-electron chi connectivity index (χ0n) is 15.6. The molecule has 0 radical (unpaired) electrons. The molecule has 1 spiro atoms. The molecule has 4 aliphatic carbocycles. The Kier molecular flexibility index (Phi) is 3.26. The molecule has 1 saturated heterocycles. The molecule has 1 aliphatic heterocycles. The largest absolute Gasteiger partial charge is 0.388 e. The van der Waals surface area contributed by atoms with Crippen LogP contribution in [0.15, 0.2) is 23.8 Å². The lowest BCUT2D eigenvalue weighted by Gasteiger charge is -2.56. The van der Waals surface area contributed by atoms with Gasteiger partial charge >= 0.3 is 0 Å². The number of aliphatic hydroxyl groups excluding tert-OH is 1. The molecule has 0 amide bonds. The van der Waals surface area contributed by atoms with Crippen molar-refractivity contribution >= 4 is 11.6 Å². The molecule has 5 rings (SSSR count). The summed E-state index contributed by atoms with van der Waals surface area (Å²) in [7, 11) is 0. The van der Waals surface area contributed by atoms with Gasteiger partial charge in [0.05, 0.1) is 6.10 Å². The number of hydrogen-bond acceptors (Lipinski definition) is 5. The van der Waals surface area contributed by atoms with Gasteiger partial charge in [0.15, 0.2) is 11.6 Å². The molecule has 1 heterocycles. The van der Waals surface area contributed by atoms with Crippen molar-refractivity contribution < 1.29 is 28.9 Å². The van der Waals surface area contributed by atoms with Crippen LogP contribution in [0, 0.1) is 22.7 Å². The number of hydrogen-bond donors (Lipinski definition) is 2. The van der Waals surface area contributed by atoms with E-state index in [1.165, 1.54) is 12.2 Å². The van der Waals surface area contributed by atoms with Crippen molar-refractivity contribution in [3.63, 3.8) is 0 Å². The Bertz CT molecular complexity index is 819. The highest BCUT2D eigenvalue weighted by atomic mass is 19.1. The highest BCUT2D eigenvalue weighted by molar-refractivity contribution is 6.01. The number of ether oxygens (including phenoxy) is 1. The molecule has 0 aromatic carbocycles. The zero-order chi connectivity index (χ0) is 19.4. The van der Waals surface area contributed by atoms with Crippen LogP contribution in [0.25, 0.3) is 0 Å². The van der Waals surface area contributed by atoms with Crippen LogP contribution < -0.4 is 0 Å². The van der Waals surface area contributed by atoms with E-state index in [0.29, 0.717) is 18.4 Å². The molecule has 0 bridgehead atoms. The number of fused-ring (bicyclic) bond motifs is 3. The van der Waals surface area contributed by atoms with Crippen molar-refractivity contribution in [1.82, 2.24) is 0 Å². The molecule has 0 unspecified atom stereocenters. The van der Waals surface area contributed by atoms with Gasteiger partial charge in [0, 0.05) is 10.8 Å². The maximum Gasteiger partial charge on any atom is 0.190 e. The quantitative estimate of drug-likeness (QED) is 0.716. The van der Waals surface area contributed by atoms with Crippen molar-refractivity contribution in [3.05, 3.63) is 23.8 Å². The Morgan fingerprint density at radius 2 is 2.11 bits per heavy atom. The second-order valence-electron chi connectivity index (χ2n) is 9.46. The average molecular weight is 376 g/mol. The number of allylic oxidation sites excluding steroid dienone is 2. The van der Waals surface area contributed by atoms with E-state index < -0.39 is 40.6 Å². The fourth-order valence-electron chi connectivity index (χ4n) is 7.23. The smallest absolute Gasteiger partial charge is 0.190 e. The first kappa shape index (κ1) is 17.7. The molecule has 4 fully saturated rings. The molecule has 5 aliphatic rings. The van der Waals surface area contributed by atoms with E-state index in [4.69, 9.17) is 4.74 Å². The summed E-state index contributed by atoms with van der Waals surface area (Å²) >= 11 is 0. The highest BCUT2D eigenvalue weighted by Gasteiger charge is 2.82. The van der Waals surface area contributed by atoms with E-state index in [9.17, 15) is 19.8 Å². The van der Waals surface area contributed by atoms with Gasteiger partial charge in [-0.25, -0.2) is 4.39 Å². The summed E-state index contributed by atoms with van der Waals surface area (Å²) in [6.45, 7) is 3.15. The average Bonchev–Trinajstić information content (AvgIpc) is 3.29. The Hall–Kier alpha value is -1.37. The van der Waals surface area contributed by atoms with Crippen LogP contribution in [0.2, 0.25) is 0 Å². The fraction of sp³-hybridized carbons (Fsp3) is 0.714. The van der Waals surface area contributed by atoms with Crippen molar-refractivity contribution in [3.8, 4) is 0 Å². The minimum atomic E-state index is -1.59. The predicted molar refractivity (Wildman–Crippen MR) is 93.4 cm³/mol. The van der Waals surface area contributed by atoms with E-state index in [1.807, 2.05) is 13.8 Å². The maximum atomic E-state index is 15.2. The summed E-state index contributed by atoms with van der Waals surface area (Å²) in [5.41, 5.74) is -3.09. The molecular weight excluding hydrogens is 351 g/mol. The molecule has 146 valence electrons. The third-order valence-corrected chi connectivity index (χ3v) is 8.68. The number of alkyl halides is 1. The van der Waals surface area contributed by atoms with Crippen LogP contribution in [0.3, 0.4) is 0 Å². The first-order valence-corrected chi connectivity index (χ1v) is 9.78. The third-order valence-electron chi connectivity index (χ3n) is 8.68. The van der Waals surface area contributed by atoms with Crippen molar-refractivity contribution in [1.29, 1.82) is 0 Å². The van der Waals surface area contributed by atoms with Crippen LogP contribution >= 0.6 is 0 Å². The van der Waals surface area contributed by atoms with Crippen LogP contribution in [0.5, 0.6) is 0 Å². The fourth-order valence-corrected chi connectivity index (χ4v) is 7.23. The molecular formula is C21H25FO5. The molecule has 0 aromatic rings. The van der Waals surface area contributed by atoms with Crippen LogP contribution in [0.1, 0.15) is 39.5 Å². The molecule has 27 heavy (non-hydrogen) atoms. The Morgan fingerprint density at radius 1 is 1.37 bits per heavy atom. The van der Waals surface area contributed by atoms with Crippen molar-refractivity contribution in [2.75, 3.05) is 6.61 Å². The summed E-state index contributed by atoms with van der Waals surface area (Å²) in [5.74, 6) is -0.957. The van der Waals surface area contributed by atoms with Gasteiger partial charge in [0.25, 0.3) is 0 Å². The summed E-state index contributed by atoms with van der Waals surface area (Å²) in [6.07, 6.45) is 4.91. The van der Waals surface area contributed by atoms with Crippen molar-refractivity contribution in [2.24, 2.45) is 22.7 Å². The van der Waals surface area contributed by atoms with Gasteiger partial charge in [-0.2, -0.15) is 0 Å². The number of halogens is 1. The van der Waals surface area contributed by atoms with Gasteiger partial charge < -0.3 is 14.9 Å². The van der Waals surface area contributed by atoms with Gasteiger partial charge in [-0.15, -0.1) is 0 Å². The van der Waals surface area contributed by atoms with E-state index >= 15 is 4.39 Å². The lowest BCUT2D eigenvalue weighted by atomic mass is 9.46. The first-order valence-electron chi connectivity index (χ1n) is 9.78. The lowest BCUT2D eigenvalue weighted by Crippen LogP contribution is -2.62. The lowest BCUT2D eigenvalue weighted by molar-refractivity contribution is -0.160. The van der Waals surface area contributed by atoms with Gasteiger partial charge in [0.2, 0.25) is 0 Å². The van der Waals surface area contributed by atoms with E-state index in [1.54, 1.807) is 6.08 Å². The number of rotatable bonds is 2. The van der Waals surface area contributed by atoms with Gasteiger partial charge in [0.1, 0.15) is 24.0 Å². The van der Waals surface area contributed by atoms with Gasteiger partial charge in [-0.3, -0.25) is 9.59 Å². The number of epoxide rings is 1. The minimum absolute atomic E-state index is 0.0700. The Morgan fingerprint density at radius 3 is 2.81 bits per heavy atom. The molecule has 8 atom stereocenters. The Balaban J connectivity index is 1.61. The summed E-state index contributed by atoms with van der Waals surface area (Å²) in [4.78, 5) is 24.2. The monoisotopic (exact) mass is 376 g/mol. The maximum absolute atomic E-state index is 15.2. The second-order valence-corrected chi connectivity index (χ2v) is 9.46. The summed E-state index contributed by atoms with van der Waals surface area (Å²) in [6, 6.07) is 0. The molecule has 5 nitrogen and oxygen atoms in total. The van der Waals surface area contributed by atoms with E-state index in [0.717, 1.165) is 0 Å². The SMILES string of the molecule is C[C@]12C=CC(=O)C=C1[C@@H](F)C[C@H]1[C@@H]3CC[C@](O)(C(=O)CO)[C@@]3(C)C[C@@H]3O[C@@]312. The molecule has 6 heteroatoms. The minimum Gasteiger partial charge on any atom is -0.388 e. The van der Waals surface area contributed by atoms with Crippen LogP contribution in [-0.4, -0.2) is 51.9 Å². The summed E-state index contributed by atoms with van der Waals surface area (Å²) < 4.78 is 21.5. The molecule has 0 aromatic heterocycles. The number of Topliss-reactive ketones (excluding diaryl/α,β-unsaturated/α-hetero) is 1. The topological polar surface area (TPSA) is 87.1 Å². The van der Waals surface area contributed by atoms with Gasteiger partial charge in [-0.05, 0) is 62.2 Å². The second kappa shape index (κ2) is 4.97. The summed E-state index contributed by atoms with van der Waals surface area (Å²) in [5, 5.41) is 20.6. The van der Waals surface area contributed by atoms with E-state index in [-0.39, 0.29) is 36.6 Å². The Labute approximate surface area is 157 Å². The number of carbonyl (C=O) groups is 2. The predicted octanol–water partition coefficient (Wildman–Crippen LogP) is 1.67. The number of aliphatic hydroxyl groups is 2. The van der Waals surface area contributed by atoms with Gasteiger partial charge in [-0.1, -0.05) is 13.0 Å². The van der Waals surface area contributed by atoms with Crippen molar-refractivity contribution in [2.45, 2.75) is 63.0 Å². The van der Waals surface area contributed by atoms with E-state index in [2.05, 4.69) is 0 Å².